The molecular formula is C18H21Br. The third kappa shape index (κ3) is 3.94. The number of hydrogen-bond donors (Lipinski definition) is 0. The fourth-order valence-electron chi connectivity index (χ4n) is 2.22. The van der Waals surface area contributed by atoms with Crippen molar-refractivity contribution in [3.8, 4) is 0 Å². The molecule has 0 nitrogen and oxygen atoms in total. The number of hydrogen-bond acceptors (Lipinski definition) is 0. The van der Waals surface area contributed by atoms with Gasteiger partial charge in [-0.25, -0.2) is 0 Å². The van der Waals surface area contributed by atoms with Crippen molar-refractivity contribution in [3.05, 3.63) is 70.8 Å². The second kappa shape index (κ2) is 6.38. The average molecular weight is 317 g/mol. The minimum absolute atomic E-state index is 0.279. The molecule has 0 radical (unpaired) electrons. The smallest absolute Gasteiger partial charge is 0.0644 e. The molecule has 0 aliphatic rings. The lowest BCUT2D eigenvalue weighted by Gasteiger charge is -2.12. The number of alkyl halides is 1. The Morgan fingerprint density at radius 1 is 0.842 bits per heavy atom. The predicted molar refractivity (Wildman–Crippen MR) is 86.9 cm³/mol. The molecule has 100 valence electrons. The van der Waals surface area contributed by atoms with Crippen LogP contribution in [-0.2, 0) is 6.42 Å². The van der Waals surface area contributed by atoms with Gasteiger partial charge in [0, 0.05) is 0 Å². The summed E-state index contributed by atoms with van der Waals surface area (Å²) in [4.78, 5) is 0.279. The van der Waals surface area contributed by atoms with Crippen molar-refractivity contribution in [2.75, 3.05) is 0 Å². The summed E-state index contributed by atoms with van der Waals surface area (Å²) in [6.07, 6.45) is 1.15. The molecule has 0 N–H and O–H groups in total. The van der Waals surface area contributed by atoms with Crippen molar-refractivity contribution in [1.29, 1.82) is 0 Å². The molecular weight excluding hydrogens is 296 g/mol. The Bertz CT molecular complexity index is 508. The summed E-state index contributed by atoms with van der Waals surface area (Å²) in [6, 6.07) is 17.7. The quantitative estimate of drug-likeness (QED) is 0.637. The molecule has 0 bridgehead atoms. The van der Waals surface area contributed by atoms with Crippen molar-refractivity contribution < 1.29 is 0 Å². The van der Waals surface area contributed by atoms with E-state index in [9.17, 15) is 0 Å². The minimum Gasteiger partial charge on any atom is -0.0786 e. The van der Waals surface area contributed by atoms with E-state index in [0.29, 0.717) is 5.92 Å². The van der Waals surface area contributed by atoms with Crippen molar-refractivity contribution in [2.24, 2.45) is 5.92 Å². The molecule has 0 saturated heterocycles. The molecule has 0 amide bonds. The number of benzene rings is 2. The lowest BCUT2D eigenvalue weighted by Crippen LogP contribution is -1.96. The van der Waals surface area contributed by atoms with Gasteiger partial charge in [0.05, 0.1) is 4.83 Å². The van der Waals surface area contributed by atoms with Gasteiger partial charge in [0.1, 0.15) is 0 Å². The molecule has 0 spiro atoms. The summed E-state index contributed by atoms with van der Waals surface area (Å²) in [7, 11) is 0. The molecule has 1 heteroatoms. The Morgan fingerprint density at radius 3 is 1.79 bits per heavy atom. The van der Waals surface area contributed by atoms with E-state index in [0.717, 1.165) is 6.42 Å². The van der Waals surface area contributed by atoms with Crippen molar-refractivity contribution in [1.82, 2.24) is 0 Å². The zero-order chi connectivity index (χ0) is 13.8. The SMILES string of the molecule is Cc1ccc(C(Br)c2ccc(CC(C)C)cc2)cc1. The maximum absolute atomic E-state index is 3.79. The van der Waals surface area contributed by atoms with Crippen LogP contribution < -0.4 is 0 Å². The van der Waals surface area contributed by atoms with Crippen LogP contribution in [0.25, 0.3) is 0 Å². The molecule has 1 unspecified atom stereocenters. The van der Waals surface area contributed by atoms with Crippen molar-refractivity contribution in [2.45, 2.75) is 32.0 Å². The van der Waals surface area contributed by atoms with Crippen LogP contribution >= 0.6 is 15.9 Å². The van der Waals surface area contributed by atoms with E-state index in [1.54, 1.807) is 0 Å². The van der Waals surface area contributed by atoms with Crippen LogP contribution in [0.15, 0.2) is 48.5 Å². The largest absolute Gasteiger partial charge is 0.0786 e. The molecule has 0 heterocycles. The first-order valence-electron chi connectivity index (χ1n) is 6.85. The molecule has 1 atom stereocenters. The third-order valence-electron chi connectivity index (χ3n) is 3.29. The molecule has 0 saturated carbocycles. The summed E-state index contributed by atoms with van der Waals surface area (Å²) < 4.78 is 0. The molecule has 0 aliphatic carbocycles. The van der Waals surface area contributed by atoms with Crippen LogP contribution in [0.5, 0.6) is 0 Å². The van der Waals surface area contributed by atoms with Crippen molar-refractivity contribution >= 4 is 15.9 Å². The normalized spacial score (nSPS) is 12.7. The molecule has 2 rings (SSSR count). The summed E-state index contributed by atoms with van der Waals surface area (Å²) in [5.41, 5.74) is 5.34. The van der Waals surface area contributed by atoms with Crippen LogP contribution in [0.2, 0.25) is 0 Å². The Balaban J connectivity index is 2.15. The lowest BCUT2D eigenvalue weighted by molar-refractivity contribution is 0.647. The van der Waals surface area contributed by atoms with E-state index in [-0.39, 0.29) is 4.83 Å². The van der Waals surface area contributed by atoms with Crippen LogP contribution in [0.4, 0.5) is 0 Å². The van der Waals surface area contributed by atoms with Gasteiger partial charge in [-0.3, -0.25) is 0 Å². The van der Waals surface area contributed by atoms with E-state index in [1.807, 2.05) is 0 Å². The van der Waals surface area contributed by atoms with Gasteiger partial charge in [-0.15, -0.1) is 0 Å². The van der Waals surface area contributed by atoms with Crippen molar-refractivity contribution in [3.63, 3.8) is 0 Å². The lowest BCUT2D eigenvalue weighted by atomic mass is 9.99. The monoisotopic (exact) mass is 316 g/mol. The first-order valence-corrected chi connectivity index (χ1v) is 7.77. The Hall–Kier alpha value is -1.08. The Morgan fingerprint density at radius 2 is 1.32 bits per heavy atom. The molecule has 0 aliphatic heterocycles. The highest BCUT2D eigenvalue weighted by Gasteiger charge is 2.10. The fraction of sp³-hybridized carbons (Fsp3) is 0.333. The van der Waals surface area contributed by atoms with E-state index >= 15 is 0 Å². The van der Waals surface area contributed by atoms with E-state index < -0.39 is 0 Å². The van der Waals surface area contributed by atoms with Gasteiger partial charge in [-0.1, -0.05) is 83.9 Å². The fourth-order valence-corrected chi connectivity index (χ4v) is 2.83. The maximum atomic E-state index is 3.79. The van der Waals surface area contributed by atoms with E-state index in [4.69, 9.17) is 0 Å². The first kappa shape index (κ1) is 14.3. The van der Waals surface area contributed by atoms with Crippen LogP contribution in [0.3, 0.4) is 0 Å². The second-order valence-corrected chi connectivity index (χ2v) is 6.53. The molecule has 2 aromatic carbocycles. The van der Waals surface area contributed by atoms with Gasteiger partial charge in [0.25, 0.3) is 0 Å². The van der Waals surface area contributed by atoms with E-state index in [1.165, 1.54) is 22.3 Å². The number of halogens is 1. The Labute approximate surface area is 125 Å². The van der Waals surface area contributed by atoms with Gasteiger partial charge in [-0.2, -0.15) is 0 Å². The van der Waals surface area contributed by atoms with Gasteiger partial charge in [-0.05, 0) is 36.0 Å². The molecule has 19 heavy (non-hydrogen) atoms. The predicted octanol–water partition coefficient (Wildman–Crippen LogP) is 5.68. The average Bonchev–Trinajstić information content (AvgIpc) is 2.39. The van der Waals surface area contributed by atoms with Crippen LogP contribution in [-0.4, -0.2) is 0 Å². The van der Waals surface area contributed by atoms with E-state index in [2.05, 4.69) is 85.2 Å². The Kier molecular flexibility index (Phi) is 4.81. The molecule has 2 aromatic rings. The second-order valence-electron chi connectivity index (χ2n) is 5.61. The zero-order valence-electron chi connectivity index (χ0n) is 11.9. The summed E-state index contributed by atoms with van der Waals surface area (Å²) >= 11 is 3.79. The summed E-state index contributed by atoms with van der Waals surface area (Å²) in [6.45, 7) is 6.63. The van der Waals surface area contributed by atoms with Gasteiger partial charge >= 0.3 is 0 Å². The minimum atomic E-state index is 0.279. The third-order valence-corrected chi connectivity index (χ3v) is 4.34. The van der Waals surface area contributed by atoms with Gasteiger partial charge < -0.3 is 0 Å². The zero-order valence-corrected chi connectivity index (χ0v) is 13.4. The number of aryl methyl sites for hydroxylation is 1. The van der Waals surface area contributed by atoms with Gasteiger partial charge in [0.15, 0.2) is 0 Å². The topological polar surface area (TPSA) is 0 Å². The maximum Gasteiger partial charge on any atom is 0.0644 e. The molecule has 0 aromatic heterocycles. The van der Waals surface area contributed by atoms with Crippen LogP contribution in [0, 0.1) is 12.8 Å². The molecule has 0 fully saturated rings. The van der Waals surface area contributed by atoms with Crippen LogP contribution in [0.1, 0.15) is 40.9 Å². The summed E-state index contributed by atoms with van der Waals surface area (Å²) in [5, 5.41) is 0. The highest BCUT2D eigenvalue weighted by molar-refractivity contribution is 9.09. The summed E-state index contributed by atoms with van der Waals surface area (Å²) in [5.74, 6) is 0.711. The van der Waals surface area contributed by atoms with Gasteiger partial charge in [0.2, 0.25) is 0 Å². The highest BCUT2D eigenvalue weighted by Crippen LogP contribution is 2.31. The highest BCUT2D eigenvalue weighted by atomic mass is 79.9. The standard InChI is InChI=1S/C18H21Br/c1-13(2)12-15-6-10-17(11-7-15)18(19)16-8-4-14(3)5-9-16/h4-11,13,18H,12H2,1-3H3. The number of rotatable bonds is 4. The first-order chi connectivity index (χ1) is 9.06.